The molecule has 4 heterocycles. The maximum atomic E-state index is 14.7. The Morgan fingerprint density at radius 3 is 2.56 bits per heavy atom. The van der Waals surface area contributed by atoms with Crippen LogP contribution in [0.2, 0.25) is 0 Å². The summed E-state index contributed by atoms with van der Waals surface area (Å²) in [7, 11) is -3.55. The number of pyridine rings is 1. The van der Waals surface area contributed by atoms with Gasteiger partial charge in [0.15, 0.2) is 15.5 Å². The van der Waals surface area contributed by atoms with Crippen molar-refractivity contribution in [3.05, 3.63) is 60.6 Å². The summed E-state index contributed by atoms with van der Waals surface area (Å²) in [5.74, 6) is -0.621. The highest BCUT2D eigenvalue weighted by molar-refractivity contribution is 7.90. The van der Waals surface area contributed by atoms with Gasteiger partial charge in [0.25, 0.3) is 5.91 Å². The SMILES string of the molecule is CS(=O)(=O)c1ccc(-n2ncc3c(OC4CCN(C(=O)c5ccc(N)cn5)CC4)ncnc32)c(F)c1. The number of aromatic nitrogens is 5. The minimum atomic E-state index is -3.55. The highest BCUT2D eigenvalue weighted by Crippen LogP contribution is 2.28. The Morgan fingerprint density at radius 2 is 1.89 bits per heavy atom. The normalized spacial score (nSPS) is 14.8. The van der Waals surface area contributed by atoms with Crippen LogP contribution < -0.4 is 10.5 Å². The first kappa shape index (κ1) is 23.6. The average Bonchev–Trinajstić information content (AvgIpc) is 3.29. The van der Waals surface area contributed by atoms with Gasteiger partial charge < -0.3 is 15.4 Å². The standard InChI is InChI=1S/C23H22FN7O4S/c1-36(33,34)16-3-5-20(18(24)10-16)31-21-17(12-29-31)22(28-13-27-21)35-15-6-8-30(9-7-15)23(32)19-4-2-14(25)11-26-19/h2-5,10-13,15H,6-9,25H2,1H3. The molecule has 2 N–H and O–H groups in total. The summed E-state index contributed by atoms with van der Waals surface area (Å²) < 4.78 is 45.6. The molecule has 3 aromatic heterocycles. The number of anilines is 1. The minimum absolute atomic E-state index is 0.0464. The number of hydrogen-bond donors (Lipinski definition) is 1. The van der Waals surface area contributed by atoms with Crippen LogP contribution in [0.3, 0.4) is 0 Å². The first-order valence-corrected chi connectivity index (χ1v) is 13.0. The molecule has 1 aliphatic heterocycles. The van der Waals surface area contributed by atoms with E-state index in [9.17, 15) is 17.6 Å². The van der Waals surface area contributed by atoms with Gasteiger partial charge in [-0.3, -0.25) is 4.79 Å². The fourth-order valence-electron chi connectivity index (χ4n) is 4.01. The van der Waals surface area contributed by atoms with E-state index >= 15 is 0 Å². The Morgan fingerprint density at radius 1 is 1.11 bits per heavy atom. The fraction of sp³-hybridized carbons (Fsp3) is 0.261. The number of piperidine rings is 1. The summed E-state index contributed by atoms with van der Waals surface area (Å²) in [6.07, 6.45) is 6.21. The lowest BCUT2D eigenvalue weighted by Crippen LogP contribution is -2.42. The highest BCUT2D eigenvalue weighted by atomic mass is 32.2. The van der Waals surface area contributed by atoms with Crippen molar-refractivity contribution in [1.29, 1.82) is 0 Å². The first-order chi connectivity index (χ1) is 17.2. The largest absolute Gasteiger partial charge is 0.474 e. The van der Waals surface area contributed by atoms with Crippen LogP contribution in [0, 0.1) is 5.82 Å². The van der Waals surface area contributed by atoms with Crippen LogP contribution in [0.5, 0.6) is 5.88 Å². The Balaban J connectivity index is 1.31. The summed E-state index contributed by atoms with van der Waals surface area (Å²) >= 11 is 0. The molecule has 0 radical (unpaired) electrons. The fourth-order valence-corrected chi connectivity index (χ4v) is 4.64. The predicted molar refractivity (Wildman–Crippen MR) is 128 cm³/mol. The van der Waals surface area contributed by atoms with Crippen molar-refractivity contribution in [1.82, 2.24) is 29.6 Å². The maximum absolute atomic E-state index is 14.7. The lowest BCUT2D eigenvalue weighted by molar-refractivity contribution is 0.0585. The molecular weight excluding hydrogens is 489 g/mol. The number of likely N-dealkylation sites (tertiary alicyclic amines) is 1. The van der Waals surface area contributed by atoms with Crippen molar-refractivity contribution in [2.45, 2.75) is 23.8 Å². The summed E-state index contributed by atoms with van der Waals surface area (Å²) in [4.78, 5) is 26.8. The number of ether oxygens (including phenoxy) is 1. The Hall–Kier alpha value is -4.13. The van der Waals surface area contributed by atoms with Gasteiger partial charge in [0, 0.05) is 32.2 Å². The van der Waals surface area contributed by atoms with Gasteiger partial charge in [-0.1, -0.05) is 0 Å². The zero-order chi connectivity index (χ0) is 25.4. The number of nitrogens with zero attached hydrogens (tertiary/aromatic N) is 6. The highest BCUT2D eigenvalue weighted by Gasteiger charge is 2.26. The summed E-state index contributed by atoms with van der Waals surface area (Å²) in [6, 6.07) is 6.85. The number of nitrogen functional groups attached to an aromatic ring is 1. The monoisotopic (exact) mass is 511 g/mol. The summed E-state index contributed by atoms with van der Waals surface area (Å²) in [6.45, 7) is 0.974. The van der Waals surface area contributed by atoms with Crippen LogP contribution >= 0.6 is 0 Å². The van der Waals surface area contributed by atoms with Gasteiger partial charge in [-0.05, 0) is 30.3 Å². The predicted octanol–water partition coefficient (Wildman–Crippen LogP) is 2.02. The lowest BCUT2D eigenvalue weighted by Gasteiger charge is -2.31. The van der Waals surface area contributed by atoms with E-state index in [0.717, 1.165) is 12.3 Å². The van der Waals surface area contributed by atoms with Gasteiger partial charge >= 0.3 is 0 Å². The van der Waals surface area contributed by atoms with E-state index in [1.54, 1.807) is 17.0 Å². The number of hydrogen-bond acceptors (Lipinski definition) is 9. The number of carbonyl (C=O) groups excluding carboxylic acids is 1. The van der Waals surface area contributed by atoms with Crippen LogP contribution in [-0.4, -0.2) is 69.4 Å². The molecule has 1 fully saturated rings. The Kier molecular flexibility index (Phi) is 6.00. The van der Waals surface area contributed by atoms with Crippen LogP contribution in [0.1, 0.15) is 23.3 Å². The van der Waals surface area contributed by atoms with Crippen molar-refractivity contribution < 1.29 is 22.3 Å². The molecule has 1 saturated heterocycles. The first-order valence-electron chi connectivity index (χ1n) is 11.1. The van der Waals surface area contributed by atoms with Gasteiger partial charge in [-0.25, -0.2) is 32.4 Å². The van der Waals surface area contributed by atoms with Gasteiger partial charge in [0.1, 0.15) is 35.0 Å². The molecule has 4 aromatic rings. The van der Waals surface area contributed by atoms with Crippen LogP contribution in [0.15, 0.2) is 53.9 Å². The molecule has 11 nitrogen and oxygen atoms in total. The average molecular weight is 512 g/mol. The lowest BCUT2D eigenvalue weighted by atomic mass is 10.1. The third-order valence-electron chi connectivity index (χ3n) is 5.92. The number of benzene rings is 1. The van der Waals surface area contributed by atoms with E-state index < -0.39 is 15.7 Å². The number of fused-ring (bicyclic) bond motifs is 1. The van der Waals surface area contributed by atoms with Crippen LogP contribution in [-0.2, 0) is 9.84 Å². The van der Waals surface area contributed by atoms with E-state index in [1.165, 1.54) is 35.5 Å². The number of halogens is 1. The quantitative estimate of drug-likeness (QED) is 0.425. The molecule has 0 saturated carbocycles. The Labute approximate surface area is 205 Å². The number of nitrogens with two attached hydrogens (primary N) is 1. The van der Waals surface area contributed by atoms with Crippen molar-refractivity contribution in [2.75, 3.05) is 25.1 Å². The number of rotatable bonds is 5. The molecule has 1 aromatic carbocycles. The van der Waals surface area contributed by atoms with E-state index in [1.807, 2.05) is 0 Å². The second kappa shape index (κ2) is 9.15. The van der Waals surface area contributed by atoms with Gasteiger partial charge in [0.2, 0.25) is 5.88 Å². The molecular formula is C23H22FN7O4S. The number of amides is 1. The van der Waals surface area contributed by atoms with Crippen LogP contribution in [0.4, 0.5) is 10.1 Å². The minimum Gasteiger partial charge on any atom is -0.474 e. The molecule has 186 valence electrons. The summed E-state index contributed by atoms with van der Waals surface area (Å²) in [5.41, 5.74) is 6.83. The van der Waals surface area contributed by atoms with E-state index in [-0.39, 0.29) is 22.6 Å². The van der Waals surface area contributed by atoms with Crippen molar-refractivity contribution >= 4 is 32.5 Å². The van der Waals surface area contributed by atoms with E-state index in [4.69, 9.17) is 10.5 Å². The van der Waals surface area contributed by atoms with Crippen molar-refractivity contribution in [2.24, 2.45) is 0 Å². The maximum Gasteiger partial charge on any atom is 0.272 e. The van der Waals surface area contributed by atoms with Crippen molar-refractivity contribution in [3.8, 4) is 11.6 Å². The zero-order valence-electron chi connectivity index (χ0n) is 19.2. The van der Waals surface area contributed by atoms with Crippen LogP contribution in [0.25, 0.3) is 16.7 Å². The molecule has 1 amide bonds. The van der Waals surface area contributed by atoms with E-state index in [2.05, 4.69) is 20.1 Å². The van der Waals surface area contributed by atoms with Crippen molar-refractivity contribution in [3.63, 3.8) is 0 Å². The third-order valence-corrected chi connectivity index (χ3v) is 7.03. The molecule has 0 bridgehead atoms. The summed E-state index contributed by atoms with van der Waals surface area (Å²) in [5, 5.41) is 4.70. The zero-order valence-corrected chi connectivity index (χ0v) is 20.0. The van der Waals surface area contributed by atoms with Gasteiger partial charge in [-0.2, -0.15) is 5.10 Å². The molecule has 13 heteroatoms. The Bertz CT molecular complexity index is 1550. The topological polar surface area (TPSA) is 146 Å². The molecule has 0 unspecified atom stereocenters. The molecule has 0 atom stereocenters. The van der Waals surface area contributed by atoms with Gasteiger partial charge in [-0.15, -0.1) is 0 Å². The molecule has 36 heavy (non-hydrogen) atoms. The number of carbonyl (C=O) groups is 1. The van der Waals surface area contributed by atoms with Gasteiger partial charge in [0.05, 0.1) is 23.0 Å². The second-order valence-electron chi connectivity index (χ2n) is 8.44. The van der Waals surface area contributed by atoms with E-state index in [0.29, 0.717) is 54.2 Å². The number of sulfone groups is 1. The molecule has 1 aliphatic rings. The second-order valence-corrected chi connectivity index (χ2v) is 10.5. The third kappa shape index (κ3) is 4.56. The molecule has 5 rings (SSSR count). The molecule has 0 aliphatic carbocycles. The molecule has 0 spiro atoms. The smallest absolute Gasteiger partial charge is 0.272 e.